The normalized spacial score (nSPS) is 15.3. The standard InChI is InChI=1S/C24H29NO5/c1-27-20-10-7-17(13-22(20)28-2)9-12-24(26)25(19-5-3-4-6-19)15-18-8-11-21-23(14-18)30-16-29-21/h7-8,10-11,13-14,19H,3-6,9,12,15-16H2,1-2H3. The Kier molecular flexibility index (Phi) is 6.31. The summed E-state index contributed by atoms with van der Waals surface area (Å²) in [5.41, 5.74) is 2.14. The van der Waals surface area contributed by atoms with Crippen molar-refractivity contribution in [1.29, 1.82) is 0 Å². The number of amides is 1. The summed E-state index contributed by atoms with van der Waals surface area (Å²) in [7, 11) is 3.25. The number of methoxy groups -OCH3 is 2. The molecule has 0 N–H and O–H groups in total. The first-order valence-electron chi connectivity index (χ1n) is 10.6. The average molecular weight is 411 g/mol. The Morgan fingerprint density at radius 3 is 2.47 bits per heavy atom. The molecule has 1 fully saturated rings. The molecule has 0 atom stereocenters. The largest absolute Gasteiger partial charge is 0.493 e. The molecule has 1 heterocycles. The summed E-state index contributed by atoms with van der Waals surface area (Å²) in [6.07, 6.45) is 5.66. The van der Waals surface area contributed by atoms with Crippen molar-refractivity contribution in [3.05, 3.63) is 47.5 Å². The average Bonchev–Trinajstić information content (AvgIpc) is 3.47. The topological polar surface area (TPSA) is 57.2 Å². The fourth-order valence-corrected chi connectivity index (χ4v) is 4.30. The van der Waals surface area contributed by atoms with E-state index in [0.29, 0.717) is 36.9 Å². The number of carbonyl (C=O) groups excluding carboxylic acids is 1. The van der Waals surface area contributed by atoms with Gasteiger partial charge in [-0.15, -0.1) is 0 Å². The van der Waals surface area contributed by atoms with Gasteiger partial charge in [0.15, 0.2) is 23.0 Å². The lowest BCUT2D eigenvalue weighted by molar-refractivity contribution is -0.134. The fraction of sp³-hybridized carbons (Fsp3) is 0.458. The van der Waals surface area contributed by atoms with Gasteiger partial charge < -0.3 is 23.8 Å². The van der Waals surface area contributed by atoms with Gasteiger partial charge in [0.05, 0.1) is 14.2 Å². The number of carbonyl (C=O) groups is 1. The molecule has 0 aromatic heterocycles. The number of benzene rings is 2. The van der Waals surface area contributed by atoms with E-state index in [1.807, 2.05) is 36.4 Å². The maximum atomic E-state index is 13.2. The molecule has 1 aliphatic heterocycles. The van der Waals surface area contributed by atoms with Gasteiger partial charge in [-0.1, -0.05) is 25.0 Å². The lowest BCUT2D eigenvalue weighted by Gasteiger charge is -2.29. The minimum absolute atomic E-state index is 0.189. The van der Waals surface area contributed by atoms with Crippen LogP contribution in [0.1, 0.15) is 43.2 Å². The molecule has 0 bridgehead atoms. The minimum atomic E-state index is 0.189. The van der Waals surface area contributed by atoms with Gasteiger partial charge in [0.1, 0.15) is 0 Å². The summed E-state index contributed by atoms with van der Waals surface area (Å²) in [6.45, 7) is 0.863. The molecule has 2 aromatic rings. The molecule has 6 nitrogen and oxygen atoms in total. The van der Waals surface area contributed by atoms with E-state index in [4.69, 9.17) is 18.9 Å². The first-order valence-corrected chi connectivity index (χ1v) is 10.6. The predicted molar refractivity (Wildman–Crippen MR) is 113 cm³/mol. The zero-order valence-corrected chi connectivity index (χ0v) is 17.7. The number of fused-ring (bicyclic) bond motifs is 1. The van der Waals surface area contributed by atoms with Crippen LogP contribution in [-0.4, -0.2) is 37.9 Å². The second-order valence-electron chi connectivity index (χ2n) is 7.84. The monoisotopic (exact) mass is 411 g/mol. The molecule has 0 saturated heterocycles. The van der Waals surface area contributed by atoms with Crippen molar-refractivity contribution in [3.63, 3.8) is 0 Å². The summed E-state index contributed by atoms with van der Waals surface area (Å²) < 4.78 is 21.6. The van der Waals surface area contributed by atoms with Gasteiger partial charge >= 0.3 is 0 Å². The van der Waals surface area contributed by atoms with Gasteiger partial charge in [-0.05, 0) is 54.7 Å². The van der Waals surface area contributed by atoms with Crippen molar-refractivity contribution in [2.45, 2.75) is 51.1 Å². The quantitative estimate of drug-likeness (QED) is 0.647. The Hall–Kier alpha value is -2.89. The number of hydrogen-bond donors (Lipinski definition) is 0. The third kappa shape index (κ3) is 4.48. The molecule has 2 aliphatic rings. The van der Waals surface area contributed by atoms with Crippen LogP contribution >= 0.6 is 0 Å². The van der Waals surface area contributed by atoms with Gasteiger partial charge in [0.25, 0.3) is 0 Å². The van der Waals surface area contributed by atoms with Crippen LogP contribution in [0.2, 0.25) is 0 Å². The number of rotatable bonds is 8. The van der Waals surface area contributed by atoms with Gasteiger partial charge in [-0.25, -0.2) is 0 Å². The van der Waals surface area contributed by atoms with Crippen molar-refractivity contribution >= 4 is 5.91 Å². The molecule has 0 spiro atoms. The highest BCUT2D eigenvalue weighted by atomic mass is 16.7. The molecule has 0 unspecified atom stereocenters. The van der Waals surface area contributed by atoms with E-state index in [1.165, 1.54) is 12.8 Å². The van der Waals surface area contributed by atoms with Crippen molar-refractivity contribution in [2.75, 3.05) is 21.0 Å². The summed E-state index contributed by atoms with van der Waals surface area (Å²) in [5, 5.41) is 0. The van der Waals surface area contributed by atoms with E-state index in [1.54, 1.807) is 14.2 Å². The van der Waals surface area contributed by atoms with E-state index < -0.39 is 0 Å². The van der Waals surface area contributed by atoms with Crippen LogP contribution in [-0.2, 0) is 17.8 Å². The molecule has 1 saturated carbocycles. The van der Waals surface area contributed by atoms with Gasteiger partial charge in [-0.3, -0.25) is 4.79 Å². The van der Waals surface area contributed by atoms with Gasteiger partial charge in [0, 0.05) is 19.0 Å². The minimum Gasteiger partial charge on any atom is -0.493 e. The van der Waals surface area contributed by atoms with E-state index in [-0.39, 0.29) is 12.7 Å². The Labute approximate surface area is 177 Å². The van der Waals surface area contributed by atoms with Crippen molar-refractivity contribution in [1.82, 2.24) is 4.90 Å². The molecule has 6 heteroatoms. The fourth-order valence-electron chi connectivity index (χ4n) is 4.30. The number of aryl methyl sites for hydroxylation is 1. The van der Waals surface area contributed by atoms with Crippen LogP contribution in [0.15, 0.2) is 36.4 Å². The summed E-state index contributed by atoms with van der Waals surface area (Å²) in [6, 6.07) is 12.1. The Bertz CT molecular complexity index is 891. The zero-order valence-electron chi connectivity index (χ0n) is 17.7. The van der Waals surface area contributed by atoms with Crippen LogP contribution in [0.5, 0.6) is 23.0 Å². The lowest BCUT2D eigenvalue weighted by Crippen LogP contribution is -2.38. The zero-order chi connectivity index (χ0) is 20.9. The molecular formula is C24H29NO5. The van der Waals surface area contributed by atoms with Crippen LogP contribution in [0.4, 0.5) is 0 Å². The Balaban J connectivity index is 1.45. The van der Waals surface area contributed by atoms with Crippen LogP contribution in [0.25, 0.3) is 0 Å². The smallest absolute Gasteiger partial charge is 0.231 e. The maximum Gasteiger partial charge on any atom is 0.231 e. The van der Waals surface area contributed by atoms with Gasteiger partial charge in [-0.2, -0.15) is 0 Å². The first-order chi connectivity index (χ1) is 14.7. The second-order valence-corrected chi connectivity index (χ2v) is 7.84. The van der Waals surface area contributed by atoms with Crippen molar-refractivity contribution in [2.24, 2.45) is 0 Å². The molecular weight excluding hydrogens is 382 g/mol. The third-order valence-electron chi connectivity index (χ3n) is 5.95. The van der Waals surface area contributed by atoms with E-state index in [0.717, 1.165) is 35.5 Å². The number of ether oxygens (including phenoxy) is 4. The summed E-state index contributed by atoms with van der Waals surface area (Å²) >= 11 is 0. The van der Waals surface area contributed by atoms with Gasteiger partial charge in [0.2, 0.25) is 12.7 Å². The molecule has 1 amide bonds. The van der Waals surface area contributed by atoms with Crippen LogP contribution in [0, 0.1) is 0 Å². The van der Waals surface area contributed by atoms with E-state index >= 15 is 0 Å². The molecule has 160 valence electrons. The first kappa shape index (κ1) is 20.4. The molecule has 2 aromatic carbocycles. The summed E-state index contributed by atoms with van der Waals surface area (Å²) in [4.78, 5) is 15.3. The predicted octanol–water partition coefficient (Wildman–Crippen LogP) is 4.34. The van der Waals surface area contributed by atoms with Crippen LogP contribution in [0.3, 0.4) is 0 Å². The third-order valence-corrected chi connectivity index (χ3v) is 5.95. The summed E-state index contributed by atoms with van der Waals surface area (Å²) in [5.74, 6) is 3.11. The Morgan fingerprint density at radius 2 is 1.70 bits per heavy atom. The highest BCUT2D eigenvalue weighted by Crippen LogP contribution is 2.34. The SMILES string of the molecule is COc1ccc(CCC(=O)N(Cc2ccc3c(c2)OCO3)C2CCCC2)cc1OC. The highest BCUT2D eigenvalue weighted by Gasteiger charge is 2.27. The maximum absolute atomic E-state index is 13.2. The molecule has 30 heavy (non-hydrogen) atoms. The number of nitrogens with zero attached hydrogens (tertiary/aromatic N) is 1. The number of hydrogen-bond acceptors (Lipinski definition) is 5. The van der Waals surface area contributed by atoms with Crippen molar-refractivity contribution < 1.29 is 23.7 Å². The molecule has 4 rings (SSSR count). The van der Waals surface area contributed by atoms with E-state index in [2.05, 4.69) is 4.90 Å². The Morgan fingerprint density at radius 1 is 0.967 bits per heavy atom. The van der Waals surface area contributed by atoms with E-state index in [9.17, 15) is 4.79 Å². The van der Waals surface area contributed by atoms with Crippen LogP contribution < -0.4 is 18.9 Å². The highest BCUT2D eigenvalue weighted by molar-refractivity contribution is 5.77. The van der Waals surface area contributed by atoms with Crippen molar-refractivity contribution in [3.8, 4) is 23.0 Å². The lowest BCUT2D eigenvalue weighted by atomic mass is 10.1. The molecule has 1 aliphatic carbocycles. The molecule has 0 radical (unpaired) electrons. The second kappa shape index (κ2) is 9.28.